The predicted octanol–water partition coefficient (Wildman–Crippen LogP) is 2.16. The van der Waals surface area contributed by atoms with Crippen LogP contribution in [-0.4, -0.2) is 42.6 Å². The molecule has 0 amide bonds. The van der Waals surface area contributed by atoms with E-state index in [-0.39, 0.29) is 6.04 Å². The van der Waals surface area contributed by atoms with Gasteiger partial charge in [-0.2, -0.15) is 9.89 Å². The summed E-state index contributed by atoms with van der Waals surface area (Å²) in [5.41, 5.74) is 2.31. The van der Waals surface area contributed by atoms with Crippen LogP contribution in [0.15, 0.2) is 54.6 Å². The van der Waals surface area contributed by atoms with Crippen LogP contribution in [0.2, 0.25) is 0 Å². The lowest BCUT2D eigenvalue weighted by Crippen LogP contribution is -2.30. The van der Waals surface area contributed by atoms with Crippen molar-refractivity contribution < 1.29 is 19.1 Å². The van der Waals surface area contributed by atoms with Gasteiger partial charge in [0.1, 0.15) is 0 Å². The van der Waals surface area contributed by atoms with Crippen molar-refractivity contribution in [1.29, 1.82) is 0 Å². The molecular formula is C20H19N3O4. The molecule has 4 rings (SSSR count). The van der Waals surface area contributed by atoms with E-state index in [1.54, 1.807) is 4.79 Å². The predicted molar refractivity (Wildman–Crippen MR) is 98.8 cm³/mol. The summed E-state index contributed by atoms with van der Waals surface area (Å²) in [5, 5.41) is 7.35. The molecule has 1 aromatic heterocycles. The van der Waals surface area contributed by atoms with Gasteiger partial charge < -0.3 is 9.47 Å². The van der Waals surface area contributed by atoms with Crippen LogP contribution in [-0.2, 0) is 19.1 Å². The first-order chi connectivity index (χ1) is 13.2. The van der Waals surface area contributed by atoms with E-state index in [9.17, 15) is 9.59 Å². The van der Waals surface area contributed by atoms with E-state index in [1.165, 1.54) is 14.2 Å². The van der Waals surface area contributed by atoms with Crippen molar-refractivity contribution in [3.8, 4) is 0 Å². The Morgan fingerprint density at radius 3 is 2.30 bits per heavy atom. The molecule has 7 nitrogen and oxygen atoms in total. The third-order valence-corrected chi connectivity index (χ3v) is 4.76. The first-order valence-corrected chi connectivity index (χ1v) is 8.61. The first kappa shape index (κ1) is 17.1. The van der Waals surface area contributed by atoms with Gasteiger partial charge in [0, 0.05) is 5.39 Å². The van der Waals surface area contributed by atoms with Crippen LogP contribution in [0.5, 0.6) is 0 Å². The number of carbonyl (C=O) groups excluding carboxylic acids is 2. The number of ether oxygens (including phenoxy) is 2. The highest BCUT2D eigenvalue weighted by Crippen LogP contribution is 2.37. The second-order valence-electron chi connectivity index (χ2n) is 6.32. The molecule has 0 radical (unpaired) electrons. The number of rotatable bonds is 5. The van der Waals surface area contributed by atoms with Crippen molar-refractivity contribution >= 4 is 22.8 Å². The topological polar surface area (TPSA) is 73.4 Å². The monoisotopic (exact) mass is 365 g/mol. The zero-order valence-corrected chi connectivity index (χ0v) is 15.0. The van der Waals surface area contributed by atoms with Crippen LogP contribution in [0.1, 0.15) is 23.2 Å². The number of benzene rings is 2. The third kappa shape index (κ3) is 2.91. The van der Waals surface area contributed by atoms with E-state index >= 15 is 0 Å². The summed E-state index contributed by atoms with van der Waals surface area (Å²) in [6.07, 6.45) is 0. The molecule has 7 heteroatoms. The average Bonchev–Trinajstić information content (AvgIpc) is 3.43. The number of carbonyl (C=O) groups is 2. The summed E-state index contributed by atoms with van der Waals surface area (Å²) in [7, 11) is 2.51. The van der Waals surface area contributed by atoms with Gasteiger partial charge in [-0.25, -0.2) is 0 Å². The Kier molecular flexibility index (Phi) is 4.27. The fraction of sp³-hybridized carbons (Fsp3) is 0.250. The van der Waals surface area contributed by atoms with Gasteiger partial charge in [-0.1, -0.05) is 48.5 Å². The molecule has 27 heavy (non-hydrogen) atoms. The van der Waals surface area contributed by atoms with E-state index in [1.807, 2.05) is 59.6 Å². The van der Waals surface area contributed by atoms with Crippen LogP contribution in [0.3, 0.4) is 0 Å². The molecular weight excluding hydrogens is 346 g/mol. The van der Waals surface area contributed by atoms with Gasteiger partial charge in [0.2, 0.25) is 0 Å². The van der Waals surface area contributed by atoms with Crippen molar-refractivity contribution in [2.45, 2.75) is 12.0 Å². The second-order valence-corrected chi connectivity index (χ2v) is 6.32. The second kappa shape index (κ2) is 6.75. The fourth-order valence-electron chi connectivity index (χ4n) is 3.36. The smallest absolute Gasteiger partial charge is 0.326 e. The van der Waals surface area contributed by atoms with E-state index in [4.69, 9.17) is 9.47 Å². The van der Waals surface area contributed by atoms with Crippen molar-refractivity contribution in [2.75, 3.05) is 25.8 Å². The quantitative estimate of drug-likeness (QED) is 0.392. The molecule has 0 N–H and O–H groups in total. The molecule has 1 aliphatic heterocycles. The van der Waals surface area contributed by atoms with Gasteiger partial charge in [0.15, 0.2) is 5.92 Å². The summed E-state index contributed by atoms with van der Waals surface area (Å²) in [6, 6.07) is 17.6. The van der Waals surface area contributed by atoms with Crippen LogP contribution in [0, 0.1) is 0 Å². The number of aromatic nitrogens is 2. The minimum Gasteiger partial charge on any atom is -0.468 e. The molecule has 1 atom stereocenters. The summed E-state index contributed by atoms with van der Waals surface area (Å²) in [5.74, 6) is -2.55. The van der Waals surface area contributed by atoms with Crippen molar-refractivity contribution in [2.24, 2.45) is 0 Å². The molecule has 0 bridgehead atoms. The number of fused-ring (bicyclic) bond motifs is 1. The normalized spacial score (nSPS) is 15.8. The van der Waals surface area contributed by atoms with E-state index in [0.29, 0.717) is 11.2 Å². The van der Waals surface area contributed by atoms with E-state index in [0.717, 1.165) is 17.5 Å². The fourth-order valence-corrected chi connectivity index (χ4v) is 3.36. The van der Waals surface area contributed by atoms with Gasteiger partial charge >= 0.3 is 11.9 Å². The number of esters is 2. The maximum Gasteiger partial charge on any atom is 0.326 e. The Balaban J connectivity index is 1.83. The standard InChI is InChI=1S/C20H19N3O4/c1-26-19(24)17(20(25)27-2)18-14-10-6-7-11-15(14)21-23(18)22-12-16(22)13-8-4-3-5-9-13/h3-11,16-17H,12H2,1-2H3. The lowest BCUT2D eigenvalue weighted by atomic mass is 10.0. The zero-order valence-electron chi connectivity index (χ0n) is 15.0. The molecule has 1 unspecified atom stereocenters. The van der Waals surface area contributed by atoms with Crippen molar-refractivity contribution in [3.05, 3.63) is 65.9 Å². The van der Waals surface area contributed by atoms with Gasteiger partial charge in [-0.15, -0.1) is 0 Å². The first-order valence-electron chi connectivity index (χ1n) is 8.61. The van der Waals surface area contributed by atoms with Crippen LogP contribution in [0.4, 0.5) is 0 Å². The van der Waals surface area contributed by atoms with Crippen LogP contribution < -0.4 is 5.01 Å². The molecule has 1 saturated heterocycles. The highest BCUT2D eigenvalue weighted by Gasteiger charge is 2.43. The van der Waals surface area contributed by atoms with E-state index in [2.05, 4.69) is 5.10 Å². The molecule has 0 saturated carbocycles. The Bertz CT molecular complexity index is 983. The molecule has 3 aromatic rings. The highest BCUT2D eigenvalue weighted by molar-refractivity contribution is 6.04. The van der Waals surface area contributed by atoms with Crippen molar-refractivity contribution in [1.82, 2.24) is 9.89 Å². The average molecular weight is 365 g/mol. The molecule has 0 spiro atoms. The number of hydrogen-bond donors (Lipinski definition) is 0. The van der Waals surface area contributed by atoms with Gasteiger partial charge in [-0.3, -0.25) is 14.6 Å². The maximum absolute atomic E-state index is 12.4. The summed E-state index contributed by atoms with van der Waals surface area (Å²) >= 11 is 0. The van der Waals surface area contributed by atoms with Gasteiger partial charge in [-0.05, 0) is 11.6 Å². The highest BCUT2D eigenvalue weighted by atomic mass is 16.5. The third-order valence-electron chi connectivity index (χ3n) is 4.76. The van der Waals surface area contributed by atoms with E-state index < -0.39 is 17.9 Å². The Morgan fingerprint density at radius 1 is 1.00 bits per heavy atom. The van der Waals surface area contributed by atoms with Crippen LogP contribution in [0.25, 0.3) is 10.9 Å². The SMILES string of the molecule is COC(=O)C(C(=O)OC)c1c2ccccc2nn1N1CC1c1ccccc1. The molecule has 1 fully saturated rings. The number of hydrogen-bond acceptors (Lipinski definition) is 6. The number of nitrogens with zero attached hydrogens (tertiary/aromatic N) is 3. The number of methoxy groups -OCH3 is 2. The lowest BCUT2D eigenvalue weighted by Gasteiger charge is -2.16. The minimum atomic E-state index is -1.20. The summed E-state index contributed by atoms with van der Waals surface area (Å²) in [6.45, 7) is 0.736. The molecule has 1 aliphatic rings. The summed E-state index contributed by atoms with van der Waals surface area (Å²) < 4.78 is 9.75. The summed E-state index contributed by atoms with van der Waals surface area (Å²) in [4.78, 5) is 26.5. The zero-order chi connectivity index (χ0) is 19.0. The molecule has 0 aliphatic carbocycles. The minimum absolute atomic E-state index is 0.134. The maximum atomic E-state index is 12.4. The Hall–Kier alpha value is -3.35. The van der Waals surface area contributed by atoms with Gasteiger partial charge in [0.25, 0.3) is 0 Å². The van der Waals surface area contributed by atoms with Gasteiger partial charge in [0.05, 0.1) is 38.0 Å². The Morgan fingerprint density at radius 2 is 1.63 bits per heavy atom. The Labute approximate surface area is 156 Å². The van der Waals surface area contributed by atoms with Crippen molar-refractivity contribution in [3.63, 3.8) is 0 Å². The molecule has 2 heterocycles. The largest absolute Gasteiger partial charge is 0.468 e. The molecule has 138 valence electrons. The molecule has 2 aromatic carbocycles. The van der Waals surface area contributed by atoms with Crippen LogP contribution >= 0.6 is 0 Å². The lowest BCUT2D eigenvalue weighted by molar-refractivity contribution is -0.154.